The molecule has 26 heavy (non-hydrogen) atoms. The van der Waals surface area contributed by atoms with Gasteiger partial charge in [0.1, 0.15) is 0 Å². The van der Waals surface area contributed by atoms with E-state index in [2.05, 4.69) is 23.5 Å². The molecule has 1 aromatic rings. The van der Waals surface area contributed by atoms with E-state index in [1.165, 1.54) is 0 Å². The first-order valence-corrected chi connectivity index (χ1v) is 8.78. The lowest BCUT2D eigenvalue weighted by Gasteiger charge is -2.38. The molecule has 146 valence electrons. The standard InChI is InChI=1S/C18H25F3N2O3/c1-4-12(5-2)22-6-8-23(9-7-22)15(24)11-26-14-10-13(19)18(25-3)17(21)16(14)20/h10,12H,4-9,11H2,1-3H3. The first-order chi connectivity index (χ1) is 12.4. The number of carbonyl (C=O) groups is 1. The van der Waals surface area contributed by atoms with Crippen LogP contribution in [-0.2, 0) is 4.79 Å². The molecule has 2 rings (SSSR count). The molecular weight excluding hydrogens is 349 g/mol. The summed E-state index contributed by atoms with van der Waals surface area (Å²) in [6, 6.07) is 1.18. The van der Waals surface area contributed by atoms with Crippen molar-refractivity contribution in [1.82, 2.24) is 9.80 Å². The summed E-state index contributed by atoms with van der Waals surface area (Å²) < 4.78 is 50.6. The number of hydrogen-bond acceptors (Lipinski definition) is 4. The van der Waals surface area contributed by atoms with Crippen LogP contribution in [0.4, 0.5) is 13.2 Å². The average molecular weight is 374 g/mol. The SMILES string of the molecule is CCC(CC)N1CCN(C(=O)COc2cc(F)c(OC)c(F)c2F)CC1. The molecule has 1 amide bonds. The van der Waals surface area contributed by atoms with Crippen LogP contribution in [0, 0.1) is 17.5 Å². The van der Waals surface area contributed by atoms with E-state index in [9.17, 15) is 18.0 Å². The molecule has 1 aliphatic heterocycles. The van der Waals surface area contributed by atoms with Crippen molar-refractivity contribution in [1.29, 1.82) is 0 Å². The van der Waals surface area contributed by atoms with Crippen LogP contribution in [0.3, 0.4) is 0 Å². The largest absolute Gasteiger partial charge is 0.491 e. The summed E-state index contributed by atoms with van der Waals surface area (Å²) in [6.07, 6.45) is 2.11. The maximum Gasteiger partial charge on any atom is 0.260 e. The minimum Gasteiger partial charge on any atom is -0.491 e. The zero-order valence-corrected chi connectivity index (χ0v) is 15.4. The number of amides is 1. The summed E-state index contributed by atoms with van der Waals surface area (Å²) in [7, 11) is 1.03. The Labute approximate surface area is 151 Å². The molecule has 0 atom stereocenters. The smallest absolute Gasteiger partial charge is 0.260 e. The number of ether oxygens (including phenoxy) is 2. The average Bonchev–Trinajstić information content (AvgIpc) is 2.65. The number of benzene rings is 1. The van der Waals surface area contributed by atoms with Crippen LogP contribution in [-0.4, -0.2) is 61.6 Å². The van der Waals surface area contributed by atoms with E-state index in [0.29, 0.717) is 25.2 Å². The Morgan fingerprint density at radius 1 is 1.12 bits per heavy atom. The van der Waals surface area contributed by atoms with Gasteiger partial charge in [0.05, 0.1) is 7.11 Å². The molecule has 0 radical (unpaired) electrons. The molecule has 0 unspecified atom stereocenters. The van der Waals surface area contributed by atoms with Crippen molar-refractivity contribution in [2.45, 2.75) is 32.7 Å². The topological polar surface area (TPSA) is 42.0 Å². The predicted octanol–water partition coefficient (Wildman–Crippen LogP) is 2.82. The Balaban J connectivity index is 1.92. The first-order valence-electron chi connectivity index (χ1n) is 8.78. The third-order valence-corrected chi connectivity index (χ3v) is 4.76. The monoisotopic (exact) mass is 374 g/mol. The van der Waals surface area contributed by atoms with Gasteiger partial charge >= 0.3 is 0 Å². The van der Waals surface area contributed by atoms with Crippen LogP contribution in [0.2, 0.25) is 0 Å². The Kier molecular flexibility index (Phi) is 7.14. The zero-order valence-electron chi connectivity index (χ0n) is 15.4. The van der Waals surface area contributed by atoms with Crippen molar-refractivity contribution in [3.63, 3.8) is 0 Å². The number of hydrogen-bond donors (Lipinski definition) is 0. The van der Waals surface area contributed by atoms with Crippen LogP contribution in [0.1, 0.15) is 26.7 Å². The van der Waals surface area contributed by atoms with Gasteiger partial charge in [0, 0.05) is 38.3 Å². The van der Waals surface area contributed by atoms with E-state index in [1.54, 1.807) is 4.90 Å². The first kappa shape index (κ1) is 20.4. The summed E-state index contributed by atoms with van der Waals surface area (Å²) >= 11 is 0. The lowest BCUT2D eigenvalue weighted by molar-refractivity contribution is -0.135. The second-order valence-electron chi connectivity index (χ2n) is 6.19. The normalized spacial score (nSPS) is 15.4. The molecule has 0 N–H and O–H groups in total. The molecular formula is C18H25F3N2O3. The molecule has 1 aromatic carbocycles. The van der Waals surface area contributed by atoms with Crippen molar-refractivity contribution in [3.8, 4) is 11.5 Å². The van der Waals surface area contributed by atoms with E-state index < -0.39 is 35.6 Å². The van der Waals surface area contributed by atoms with Gasteiger partial charge < -0.3 is 14.4 Å². The van der Waals surface area contributed by atoms with E-state index in [-0.39, 0.29) is 5.91 Å². The minimum absolute atomic E-state index is 0.342. The highest BCUT2D eigenvalue weighted by Gasteiger charge is 2.26. The zero-order chi connectivity index (χ0) is 19.3. The highest BCUT2D eigenvalue weighted by molar-refractivity contribution is 5.77. The van der Waals surface area contributed by atoms with Crippen molar-refractivity contribution < 1.29 is 27.4 Å². The molecule has 0 spiro atoms. The van der Waals surface area contributed by atoms with Gasteiger partial charge in [0.25, 0.3) is 5.91 Å². The molecule has 0 aromatic heterocycles. The third-order valence-electron chi connectivity index (χ3n) is 4.76. The van der Waals surface area contributed by atoms with E-state index in [1.807, 2.05) is 0 Å². The lowest BCUT2D eigenvalue weighted by atomic mass is 10.1. The number of methoxy groups -OCH3 is 1. The van der Waals surface area contributed by atoms with Crippen LogP contribution in [0.15, 0.2) is 6.07 Å². The van der Waals surface area contributed by atoms with Crippen LogP contribution in [0.25, 0.3) is 0 Å². The van der Waals surface area contributed by atoms with Crippen molar-refractivity contribution >= 4 is 5.91 Å². The van der Waals surface area contributed by atoms with Gasteiger partial charge in [-0.25, -0.2) is 4.39 Å². The number of halogens is 3. The Bertz CT molecular complexity index is 631. The number of rotatable bonds is 7. The van der Waals surface area contributed by atoms with Gasteiger partial charge in [-0.05, 0) is 12.8 Å². The molecule has 0 aliphatic carbocycles. The van der Waals surface area contributed by atoms with Crippen LogP contribution < -0.4 is 9.47 Å². The molecule has 1 fully saturated rings. The highest BCUT2D eigenvalue weighted by Crippen LogP contribution is 2.30. The second-order valence-corrected chi connectivity index (χ2v) is 6.19. The minimum atomic E-state index is -1.48. The van der Waals surface area contributed by atoms with Gasteiger partial charge in [-0.2, -0.15) is 8.78 Å². The molecule has 5 nitrogen and oxygen atoms in total. The fourth-order valence-electron chi connectivity index (χ4n) is 3.22. The summed E-state index contributed by atoms with van der Waals surface area (Å²) in [5.74, 6) is -5.76. The van der Waals surface area contributed by atoms with Gasteiger partial charge in [-0.1, -0.05) is 13.8 Å². The summed E-state index contributed by atoms with van der Waals surface area (Å²) in [4.78, 5) is 16.2. The van der Waals surface area contributed by atoms with Crippen LogP contribution in [0.5, 0.6) is 11.5 Å². The maximum atomic E-state index is 13.9. The Morgan fingerprint density at radius 2 is 1.73 bits per heavy atom. The van der Waals surface area contributed by atoms with E-state index in [0.717, 1.165) is 33.0 Å². The molecule has 1 saturated heterocycles. The number of nitrogens with zero attached hydrogens (tertiary/aromatic N) is 2. The van der Waals surface area contributed by atoms with Gasteiger partial charge in [0.2, 0.25) is 11.6 Å². The van der Waals surface area contributed by atoms with Crippen molar-refractivity contribution in [2.75, 3.05) is 39.9 Å². The van der Waals surface area contributed by atoms with E-state index >= 15 is 0 Å². The Hall–Kier alpha value is -1.96. The summed E-state index contributed by atoms with van der Waals surface area (Å²) in [5.41, 5.74) is 0. The number of piperazine rings is 1. The molecule has 0 bridgehead atoms. The van der Waals surface area contributed by atoms with Gasteiger partial charge in [0.15, 0.2) is 23.9 Å². The maximum absolute atomic E-state index is 13.9. The molecule has 8 heteroatoms. The molecule has 1 heterocycles. The fraction of sp³-hybridized carbons (Fsp3) is 0.611. The fourth-order valence-corrected chi connectivity index (χ4v) is 3.22. The Morgan fingerprint density at radius 3 is 2.27 bits per heavy atom. The van der Waals surface area contributed by atoms with Crippen molar-refractivity contribution in [2.24, 2.45) is 0 Å². The second kappa shape index (κ2) is 9.12. The number of carbonyl (C=O) groups excluding carboxylic acids is 1. The predicted molar refractivity (Wildman–Crippen MR) is 90.9 cm³/mol. The molecule has 0 saturated carbocycles. The lowest BCUT2D eigenvalue weighted by Crippen LogP contribution is -2.52. The van der Waals surface area contributed by atoms with Gasteiger partial charge in [-0.3, -0.25) is 9.69 Å². The third kappa shape index (κ3) is 4.41. The molecule has 1 aliphatic rings. The summed E-state index contributed by atoms with van der Waals surface area (Å²) in [6.45, 7) is 6.42. The quantitative estimate of drug-likeness (QED) is 0.689. The van der Waals surface area contributed by atoms with Crippen LogP contribution >= 0.6 is 0 Å². The highest BCUT2D eigenvalue weighted by atomic mass is 19.2. The van der Waals surface area contributed by atoms with Gasteiger partial charge in [-0.15, -0.1) is 0 Å². The van der Waals surface area contributed by atoms with Crippen molar-refractivity contribution in [3.05, 3.63) is 23.5 Å². The summed E-state index contributed by atoms with van der Waals surface area (Å²) in [5, 5.41) is 0. The van der Waals surface area contributed by atoms with E-state index in [4.69, 9.17) is 4.74 Å².